The van der Waals surface area contributed by atoms with Gasteiger partial charge in [-0.1, -0.05) is 6.07 Å². The number of nitro groups is 2. The van der Waals surface area contributed by atoms with Crippen molar-refractivity contribution in [3.63, 3.8) is 0 Å². The fourth-order valence-electron chi connectivity index (χ4n) is 1.85. The molecule has 0 radical (unpaired) electrons. The summed E-state index contributed by atoms with van der Waals surface area (Å²) in [6, 6.07) is 8.51. The minimum absolute atomic E-state index is 0.0369. The number of hydrogen-bond donors (Lipinski definition) is 1. The first-order chi connectivity index (χ1) is 11.5. The minimum atomic E-state index is -0.720. The molecule has 0 saturated carbocycles. The van der Waals surface area contributed by atoms with Crippen LogP contribution >= 0.6 is 0 Å². The predicted octanol–water partition coefficient (Wildman–Crippen LogP) is 2.49. The van der Waals surface area contributed by atoms with Crippen LogP contribution in [0, 0.1) is 20.2 Å². The van der Waals surface area contributed by atoms with E-state index in [2.05, 4.69) is 15.5 Å². The monoisotopic (exact) mass is 331 g/mol. The summed E-state index contributed by atoms with van der Waals surface area (Å²) in [5.41, 5.74) is 2.96. The summed E-state index contributed by atoms with van der Waals surface area (Å²) < 4.78 is 4.98. The van der Waals surface area contributed by atoms with Crippen LogP contribution in [0.1, 0.15) is 11.4 Å². The maximum absolute atomic E-state index is 11.0. The zero-order chi connectivity index (χ0) is 17.5. The number of hydrazone groups is 1. The summed E-state index contributed by atoms with van der Waals surface area (Å²) in [5.74, 6) is 0. The second kappa shape index (κ2) is 7.74. The van der Waals surface area contributed by atoms with Gasteiger partial charge in [0.25, 0.3) is 5.69 Å². The quantitative estimate of drug-likeness (QED) is 0.468. The van der Waals surface area contributed by atoms with Crippen molar-refractivity contribution in [3.05, 3.63) is 68.0 Å². The third-order valence-corrected chi connectivity index (χ3v) is 2.89. The van der Waals surface area contributed by atoms with Gasteiger partial charge >= 0.3 is 5.69 Å². The van der Waals surface area contributed by atoms with E-state index >= 15 is 0 Å². The van der Waals surface area contributed by atoms with Gasteiger partial charge in [-0.25, -0.2) is 4.98 Å². The Kier molecular flexibility index (Phi) is 5.47. The molecular weight excluding hydrogens is 318 g/mol. The van der Waals surface area contributed by atoms with E-state index in [-0.39, 0.29) is 11.4 Å². The zero-order valence-electron chi connectivity index (χ0n) is 12.6. The molecule has 0 spiro atoms. The van der Waals surface area contributed by atoms with Gasteiger partial charge in [-0.3, -0.25) is 25.7 Å². The Labute approximate surface area is 136 Å². The summed E-state index contributed by atoms with van der Waals surface area (Å²) in [5, 5.41) is 25.6. The highest BCUT2D eigenvalue weighted by Gasteiger charge is 2.19. The van der Waals surface area contributed by atoms with E-state index in [9.17, 15) is 20.2 Å². The van der Waals surface area contributed by atoms with Crippen molar-refractivity contribution in [3.8, 4) is 0 Å². The molecule has 2 aromatic rings. The first kappa shape index (κ1) is 17.0. The van der Waals surface area contributed by atoms with E-state index in [1.54, 1.807) is 25.3 Å². The van der Waals surface area contributed by atoms with Gasteiger partial charge in [0, 0.05) is 13.2 Å². The Hall–Kier alpha value is -3.40. The average Bonchev–Trinajstić information content (AvgIpc) is 2.55. The summed E-state index contributed by atoms with van der Waals surface area (Å²) >= 11 is 0. The van der Waals surface area contributed by atoms with Gasteiger partial charge in [0.2, 0.25) is 0 Å². The number of anilines is 1. The van der Waals surface area contributed by atoms with Crippen molar-refractivity contribution in [2.45, 2.75) is 6.61 Å². The Balaban J connectivity index is 2.17. The number of ether oxygens (including phenoxy) is 1. The third-order valence-electron chi connectivity index (χ3n) is 2.89. The first-order valence-corrected chi connectivity index (χ1v) is 6.68. The lowest BCUT2D eigenvalue weighted by Gasteiger charge is -2.02. The number of nitro benzene ring substituents is 2. The fourth-order valence-corrected chi connectivity index (χ4v) is 1.85. The third kappa shape index (κ3) is 4.30. The van der Waals surface area contributed by atoms with Crippen LogP contribution in [0.2, 0.25) is 0 Å². The van der Waals surface area contributed by atoms with E-state index in [0.29, 0.717) is 18.0 Å². The maximum Gasteiger partial charge on any atom is 0.301 e. The van der Waals surface area contributed by atoms with Gasteiger partial charge in [0.05, 0.1) is 40.1 Å². The molecule has 0 atom stereocenters. The van der Waals surface area contributed by atoms with E-state index in [1.807, 2.05) is 0 Å². The smallest absolute Gasteiger partial charge is 0.301 e. The van der Waals surface area contributed by atoms with Crippen molar-refractivity contribution in [2.24, 2.45) is 5.10 Å². The summed E-state index contributed by atoms with van der Waals surface area (Å²) in [7, 11) is 1.55. The highest BCUT2D eigenvalue weighted by molar-refractivity contribution is 5.78. The summed E-state index contributed by atoms with van der Waals surface area (Å²) in [6.45, 7) is 0.350. The van der Waals surface area contributed by atoms with E-state index in [4.69, 9.17) is 4.74 Å². The van der Waals surface area contributed by atoms with E-state index in [0.717, 1.165) is 12.1 Å². The number of nitrogens with zero attached hydrogens (tertiary/aromatic N) is 4. The second-order valence-electron chi connectivity index (χ2n) is 4.57. The second-order valence-corrected chi connectivity index (χ2v) is 4.57. The molecule has 0 aliphatic rings. The van der Waals surface area contributed by atoms with Gasteiger partial charge in [0.1, 0.15) is 5.69 Å². The summed E-state index contributed by atoms with van der Waals surface area (Å²) in [6.07, 6.45) is 1.38. The number of methoxy groups -OCH3 is 1. The molecule has 0 saturated heterocycles. The lowest BCUT2D eigenvalue weighted by molar-refractivity contribution is -0.393. The highest BCUT2D eigenvalue weighted by atomic mass is 16.6. The van der Waals surface area contributed by atoms with Crippen molar-refractivity contribution in [2.75, 3.05) is 12.5 Å². The fraction of sp³-hybridized carbons (Fsp3) is 0.143. The van der Waals surface area contributed by atoms with E-state index in [1.165, 1.54) is 12.3 Å². The Morgan fingerprint density at radius 3 is 2.71 bits per heavy atom. The Morgan fingerprint density at radius 2 is 2.04 bits per heavy atom. The first-order valence-electron chi connectivity index (χ1n) is 6.68. The Bertz CT molecular complexity index is 793. The molecule has 0 fully saturated rings. The van der Waals surface area contributed by atoms with Crippen LogP contribution in [0.25, 0.3) is 0 Å². The van der Waals surface area contributed by atoms with Crippen LogP contribution in [-0.2, 0) is 11.3 Å². The lowest BCUT2D eigenvalue weighted by Crippen LogP contribution is -2.00. The van der Waals surface area contributed by atoms with Gasteiger partial charge in [0.15, 0.2) is 0 Å². The minimum Gasteiger partial charge on any atom is -0.378 e. The number of non-ortho nitro benzene ring substituents is 1. The molecule has 10 nitrogen and oxygen atoms in total. The molecular formula is C14H13N5O5. The topological polar surface area (TPSA) is 133 Å². The van der Waals surface area contributed by atoms with Crippen molar-refractivity contribution in [1.29, 1.82) is 0 Å². The molecule has 1 aromatic heterocycles. The zero-order valence-corrected chi connectivity index (χ0v) is 12.6. The Morgan fingerprint density at radius 1 is 1.25 bits per heavy atom. The van der Waals surface area contributed by atoms with Gasteiger partial charge in [-0.05, 0) is 18.2 Å². The number of rotatable bonds is 7. The van der Waals surface area contributed by atoms with Crippen LogP contribution in [0.3, 0.4) is 0 Å². The van der Waals surface area contributed by atoms with Gasteiger partial charge in [-0.15, -0.1) is 0 Å². The van der Waals surface area contributed by atoms with Crippen LogP contribution in [0.5, 0.6) is 0 Å². The largest absolute Gasteiger partial charge is 0.378 e. The van der Waals surface area contributed by atoms with Crippen molar-refractivity contribution in [1.82, 2.24) is 4.98 Å². The molecule has 1 heterocycles. The molecule has 0 unspecified atom stereocenters. The van der Waals surface area contributed by atoms with Crippen LogP contribution < -0.4 is 5.43 Å². The van der Waals surface area contributed by atoms with Gasteiger partial charge < -0.3 is 4.74 Å². The molecule has 10 heteroatoms. The standard InChI is InChI=1S/C14H13N5O5/c1-24-9-11-4-2-3-10(16-11)8-15-17-13-6-5-12(18(20)21)7-14(13)19(22)23/h2-8,17H,9H2,1H3. The number of hydrogen-bond acceptors (Lipinski definition) is 8. The van der Waals surface area contributed by atoms with Crippen LogP contribution in [0.15, 0.2) is 41.5 Å². The molecule has 24 heavy (non-hydrogen) atoms. The number of aromatic nitrogens is 1. The maximum atomic E-state index is 11.0. The number of benzene rings is 1. The summed E-state index contributed by atoms with van der Waals surface area (Å²) in [4.78, 5) is 24.5. The lowest BCUT2D eigenvalue weighted by atomic mass is 10.2. The molecule has 0 aliphatic heterocycles. The van der Waals surface area contributed by atoms with Crippen LogP contribution in [-0.4, -0.2) is 28.2 Å². The predicted molar refractivity (Wildman–Crippen MR) is 85.9 cm³/mol. The average molecular weight is 331 g/mol. The molecule has 2 rings (SSSR count). The number of pyridine rings is 1. The van der Waals surface area contributed by atoms with Gasteiger partial charge in [-0.2, -0.15) is 5.10 Å². The molecule has 1 aromatic carbocycles. The molecule has 0 bridgehead atoms. The molecule has 124 valence electrons. The molecule has 0 amide bonds. The van der Waals surface area contributed by atoms with Crippen molar-refractivity contribution < 1.29 is 14.6 Å². The highest BCUT2D eigenvalue weighted by Crippen LogP contribution is 2.28. The number of nitrogens with one attached hydrogen (secondary N) is 1. The van der Waals surface area contributed by atoms with E-state index < -0.39 is 15.5 Å². The van der Waals surface area contributed by atoms with Crippen molar-refractivity contribution >= 4 is 23.3 Å². The normalized spacial score (nSPS) is 10.7. The SMILES string of the molecule is COCc1cccc(C=NNc2ccc([N+](=O)[O-])cc2[N+](=O)[O-])n1. The molecule has 0 aliphatic carbocycles. The van der Waals surface area contributed by atoms with Crippen LogP contribution in [0.4, 0.5) is 17.1 Å². The molecule has 1 N–H and O–H groups in total.